The van der Waals surface area contributed by atoms with Crippen LogP contribution in [0.2, 0.25) is 0 Å². The van der Waals surface area contributed by atoms with E-state index in [9.17, 15) is 9.59 Å². The van der Waals surface area contributed by atoms with E-state index in [0.29, 0.717) is 41.4 Å². The lowest BCUT2D eigenvalue weighted by Crippen LogP contribution is -2.24. The molecule has 1 unspecified atom stereocenters. The van der Waals surface area contributed by atoms with Crippen LogP contribution >= 0.6 is 0 Å². The van der Waals surface area contributed by atoms with Crippen LogP contribution in [0.3, 0.4) is 0 Å². The summed E-state index contributed by atoms with van der Waals surface area (Å²) < 4.78 is 11.5. The van der Waals surface area contributed by atoms with Gasteiger partial charge in [0.1, 0.15) is 18.1 Å². The first-order valence-corrected chi connectivity index (χ1v) is 8.33. The second-order valence-corrected chi connectivity index (χ2v) is 6.59. The zero-order valence-corrected chi connectivity index (χ0v) is 14.2. The summed E-state index contributed by atoms with van der Waals surface area (Å²) >= 11 is 0. The molecule has 0 fully saturated rings. The van der Waals surface area contributed by atoms with Crippen molar-refractivity contribution in [3.05, 3.63) is 70.3 Å². The number of carbonyl (C=O) groups excluding carboxylic acids is 2. The zero-order valence-electron chi connectivity index (χ0n) is 14.2. The van der Waals surface area contributed by atoms with Crippen molar-refractivity contribution in [1.29, 1.82) is 0 Å². The summed E-state index contributed by atoms with van der Waals surface area (Å²) in [6.45, 7) is 4.78. The molecule has 0 bridgehead atoms. The van der Waals surface area contributed by atoms with Crippen LogP contribution in [-0.2, 0) is 16.1 Å². The van der Waals surface area contributed by atoms with Gasteiger partial charge in [0, 0.05) is 17.0 Å². The first-order valence-electron chi connectivity index (χ1n) is 8.33. The number of hydrogen-bond donors (Lipinski definition) is 0. The molecular formula is C21H18O4. The second-order valence-electron chi connectivity index (χ2n) is 6.59. The highest BCUT2D eigenvalue weighted by Gasteiger charge is 2.40. The predicted octanol–water partition coefficient (Wildman–Crippen LogP) is 3.72. The normalized spacial score (nSPS) is 18.7. The molecule has 0 saturated heterocycles. The van der Waals surface area contributed by atoms with E-state index < -0.39 is 11.6 Å². The van der Waals surface area contributed by atoms with Gasteiger partial charge in [0.25, 0.3) is 0 Å². The predicted molar refractivity (Wildman–Crippen MR) is 93.3 cm³/mol. The van der Waals surface area contributed by atoms with Crippen molar-refractivity contribution in [2.45, 2.75) is 20.5 Å². The van der Waals surface area contributed by atoms with Gasteiger partial charge in [-0.15, -0.1) is 0 Å². The number of aryl methyl sites for hydroxylation is 1. The van der Waals surface area contributed by atoms with Crippen LogP contribution in [0.15, 0.2) is 48.0 Å². The third-order valence-electron chi connectivity index (χ3n) is 4.67. The van der Waals surface area contributed by atoms with E-state index in [4.69, 9.17) is 9.47 Å². The van der Waals surface area contributed by atoms with Gasteiger partial charge in [0.05, 0.1) is 12.2 Å². The molecule has 0 N–H and O–H groups in total. The molecule has 2 aromatic rings. The molecule has 0 saturated carbocycles. The minimum absolute atomic E-state index is 0.0444. The van der Waals surface area contributed by atoms with Crippen LogP contribution in [0.1, 0.15) is 34.0 Å². The number of hydrogen-bond acceptors (Lipinski definition) is 4. The summed E-state index contributed by atoms with van der Waals surface area (Å²) in [5.41, 5.74) is 3.79. The molecule has 25 heavy (non-hydrogen) atoms. The van der Waals surface area contributed by atoms with Crippen LogP contribution in [0.4, 0.5) is 0 Å². The van der Waals surface area contributed by atoms with Crippen LogP contribution in [0.25, 0.3) is 5.76 Å². The molecule has 126 valence electrons. The van der Waals surface area contributed by atoms with Gasteiger partial charge in [-0.25, -0.2) is 0 Å². The molecule has 1 heterocycles. The third kappa shape index (κ3) is 2.64. The lowest BCUT2D eigenvalue weighted by molar-refractivity contribution is -0.112. The van der Waals surface area contributed by atoms with Crippen molar-refractivity contribution >= 4 is 17.3 Å². The van der Waals surface area contributed by atoms with E-state index in [1.165, 1.54) is 5.56 Å². The molecule has 2 aromatic carbocycles. The second kappa shape index (κ2) is 5.88. The fourth-order valence-electron chi connectivity index (χ4n) is 3.24. The zero-order chi connectivity index (χ0) is 17.6. The Balaban J connectivity index is 1.62. The van der Waals surface area contributed by atoms with Crippen LogP contribution < -0.4 is 4.74 Å². The number of fused-ring (bicyclic) bond motifs is 2. The van der Waals surface area contributed by atoms with E-state index in [1.54, 1.807) is 12.1 Å². The van der Waals surface area contributed by atoms with Crippen LogP contribution in [0.5, 0.6) is 5.75 Å². The monoisotopic (exact) mass is 334 g/mol. The largest absolute Gasteiger partial charge is 0.492 e. The van der Waals surface area contributed by atoms with Gasteiger partial charge in [-0.1, -0.05) is 36.8 Å². The van der Waals surface area contributed by atoms with Gasteiger partial charge < -0.3 is 9.47 Å². The van der Waals surface area contributed by atoms with Gasteiger partial charge in [-0.2, -0.15) is 0 Å². The highest BCUT2D eigenvalue weighted by molar-refractivity contribution is 6.52. The van der Waals surface area contributed by atoms with Crippen molar-refractivity contribution in [3.63, 3.8) is 0 Å². The lowest BCUT2D eigenvalue weighted by Gasteiger charge is -2.17. The van der Waals surface area contributed by atoms with Crippen LogP contribution in [-0.4, -0.2) is 18.2 Å². The molecular weight excluding hydrogens is 316 g/mol. The maximum Gasteiger partial charge on any atom is 0.234 e. The SMILES string of the molecule is Cc1ccc(COc2ccc3c(c2)C(=O)C(=O)C2=C3OCC2C)cc1. The van der Waals surface area contributed by atoms with E-state index in [-0.39, 0.29) is 5.92 Å². The number of ether oxygens (including phenoxy) is 2. The summed E-state index contributed by atoms with van der Waals surface area (Å²) in [6.07, 6.45) is 0. The Bertz CT molecular complexity index is 906. The Morgan fingerprint density at radius 1 is 1.04 bits per heavy atom. The number of benzene rings is 2. The maximum absolute atomic E-state index is 12.5. The Hall–Kier alpha value is -2.88. The fourth-order valence-corrected chi connectivity index (χ4v) is 3.24. The molecule has 4 nitrogen and oxygen atoms in total. The van der Waals surface area contributed by atoms with E-state index in [1.807, 2.05) is 44.2 Å². The Morgan fingerprint density at radius 3 is 2.56 bits per heavy atom. The fraction of sp³-hybridized carbons (Fsp3) is 0.238. The summed E-state index contributed by atoms with van der Waals surface area (Å²) in [7, 11) is 0. The number of Topliss-reactive ketones (excluding diaryl/α,β-unsaturated/α-hetero) is 2. The number of ketones is 2. The molecule has 4 heteroatoms. The van der Waals surface area contributed by atoms with Gasteiger partial charge >= 0.3 is 0 Å². The van der Waals surface area contributed by atoms with Gasteiger partial charge in [0.15, 0.2) is 0 Å². The van der Waals surface area contributed by atoms with Crippen molar-refractivity contribution in [3.8, 4) is 5.75 Å². The van der Waals surface area contributed by atoms with Crippen molar-refractivity contribution in [1.82, 2.24) is 0 Å². The minimum Gasteiger partial charge on any atom is -0.492 e. The maximum atomic E-state index is 12.5. The van der Waals surface area contributed by atoms with E-state index in [0.717, 1.165) is 5.56 Å². The molecule has 0 amide bonds. The summed E-state index contributed by atoms with van der Waals surface area (Å²) in [6, 6.07) is 13.3. The first kappa shape index (κ1) is 15.6. The van der Waals surface area contributed by atoms with Crippen LogP contribution in [0, 0.1) is 12.8 Å². The minimum atomic E-state index is -0.480. The standard InChI is InChI=1S/C21H18O4/c1-12-3-5-14(6-4-12)11-24-15-7-8-16-17(9-15)19(22)20(23)18-13(2)10-25-21(16)18/h3-9,13H,10-11H2,1-2H3. The van der Waals surface area contributed by atoms with Gasteiger partial charge in [-0.05, 0) is 30.7 Å². The number of carbonyl (C=O) groups is 2. The average molecular weight is 334 g/mol. The molecule has 1 aliphatic heterocycles. The molecule has 1 atom stereocenters. The Morgan fingerprint density at radius 2 is 1.80 bits per heavy atom. The highest BCUT2D eigenvalue weighted by Crippen LogP contribution is 2.39. The lowest BCUT2D eigenvalue weighted by atomic mass is 9.85. The summed E-state index contributed by atoms with van der Waals surface area (Å²) in [5, 5.41) is 0. The molecule has 0 radical (unpaired) electrons. The average Bonchev–Trinajstić information content (AvgIpc) is 3.01. The molecule has 2 aliphatic rings. The molecule has 0 spiro atoms. The quantitative estimate of drug-likeness (QED) is 0.803. The summed E-state index contributed by atoms with van der Waals surface area (Å²) in [5.74, 6) is 0.139. The van der Waals surface area contributed by atoms with Gasteiger partial charge in [-0.3, -0.25) is 9.59 Å². The Labute approximate surface area is 146 Å². The van der Waals surface area contributed by atoms with E-state index >= 15 is 0 Å². The van der Waals surface area contributed by atoms with Crippen molar-refractivity contribution in [2.75, 3.05) is 6.61 Å². The van der Waals surface area contributed by atoms with Crippen molar-refractivity contribution in [2.24, 2.45) is 5.92 Å². The molecule has 4 rings (SSSR count). The smallest absolute Gasteiger partial charge is 0.234 e. The first-order chi connectivity index (χ1) is 12.0. The third-order valence-corrected chi connectivity index (χ3v) is 4.67. The summed E-state index contributed by atoms with van der Waals surface area (Å²) in [4.78, 5) is 24.8. The number of rotatable bonds is 3. The van der Waals surface area contributed by atoms with Crippen molar-refractivity contribution < 1.29 is 19.1 Å². The van der Waals surface area contributed by atoms with E-state index in [2.05, 4.69) is 0 Å². The molecule has 0 aromatic heterocycles. The highest BCUT2D eigenvalue weighted by atomic mass is 16.5. The van der Waals surface area contributed by atoms with Gasteiger partial charge in [0.2, 0.25) is 11.6 Å². The topological polar surface area (TPSA) is 52.6 Å². The molecule has 1 aliphatic carbocycles. The Kier molecular flexibility index (Phi) is 3.68.